The molecule has 4 rings (SSSR count). The average Bonchev–Trinajstić information content (AvgIpc) is 3.19. The molecule has 3 amide bonds. The summed E-state index contributed by atoms with van der Waals surface area (Å²) in [6, 6.07) is 15.5. The van der Waals surface area contributed by atoms with Gasteiger partial charge < -0.3 is 4.90 Å². The molecule has 0 radical (unpaired) electrons. The zero-order valence-corrected chi connectivity index (χ0v) is 19.0. The molecule has 2 heterocycles. The molecule has 0 bridgehead atoms. The van der Waals surface area contributed by atoms with Crippen LogP contribution in [-0.2, 0) is 10.0 Å². The maximum atomic E-state index is 12.7. The predicted molar refractivity (Wildman–Crippen MR) is 124 cm³/mol. The van der Waals surface area contributed by atoms with Crippen LogP contribution in [0.25, 0.3) is 5.69 Å². The normalized spacial score (nSPS) is 14.0. The Labute approximate surface area is 192 Å². The highest BCUT2D eigenvalue weighted by Crippen LogP contribution is 2.18. The van der Waals surface area contributed by atoms with Gasteiger partial charge in [0.15, 0.2) is 0 Å². The zero-order valence-electron chi connectivity index (χ0n) is 18.2. The summed E-state index contributed by atoms with van der Waals surface area (Å²) < 4.78 is 28.9. The molecule has 0 spiro atoms. The molecule has 0 unspecified atom stereocenters. The summed E-state index contributed by atoms with van der Waals surface area (Å²) in [6.45, 7) is 3.19. The van der Waals surface area contributed by atoms with E-state index in [-0.39, 0.29) is 10.8 Å². The number of nitrogens with zero attached hydrogens (tertiary/aromatic N) is 3. The molecule has 3 aromatic rings. The van der Waals surface area contributed by atoms with Gasteiger partial charge in [-0.3, -0.25) is 10.1 Å². The second-order valence-electron chi connectivity index (χ2n) is 7.86. The number of nitrogens with one attached hydrogen (secondary N) is 2. The summed E-state index contributed by atoms with van der Waals surface area (Å²) in [7, 11) is -4.13. The van der Waals surface area contributed by atoms with Gasteiger partial charge in [0.1, 0.15) is 5.82 Å². The molecule has 2 aromatic carbocycles. The summed E-state index contributed by atoms with van der Waals surface area (Å²) in [6.07, 6.45) is 3.06. The Bertz CT molecular complexity index is 1250. The lowest BCUT2D eigenvalue weighted by molar-refractivity contribution is 0.0724. The van der Waals surface area contributed by atoms with Crippen LogP contribution in [0, 0.1) is 6.92 Å². The first kappa shape index (κ1) is 22.5. The number of benzene rings is 2. The number of para-hydroxylation sites is 1. The van der Waals surface area contributed by atoms with E-state index in [0.29, 0.717) is 30.2 Å². The Balaban J connectivity index is 1.45. The summed E-state index contributed by atoms with van der Waals surface area (Å²) in [5, 5.41) is 6.88. The van der Waals surface area contributed by atoms with E-state index in [0.717, 1.165) is 24.9 Å². The minimum Gasteiger partial charge on any atom is -0.339 e. The molecule has 1 aromatic heterocycles. The molecule has 2 N–H and O–H groups in total. The largest absolute Gasteiger partial charge is 0.339 e. The van der Waals surface area contributed by atoms with Gasteiger partial charge in [-0.05, 0) is 62.6 Å². The van der Waals surface area contributed by atoms with Crippen LogP contribution in [0.5, 0.6) is 0 Å². The van der Waals surface area contributed by atoms with E-state index in [1.807, 2.05) is 35.1 Å². The molecule has 1 saturated heterocycles. The van der Waals surface area contributed by atoms with E-state index in [1.165, 1.54) is 28.9 Å². The van der Waals surface area contributed by atoms with E-state index >= 15 is 0 Å². The molecule has 9 nitrogen and oxygen atoms in total. The smallest absolute Gasteiger partial charge is 0.334 e. The Morgan fingerprint density at radius 1 is 0.939 bits per heavy atom. The van der Waals surface area contributed by atoms with Crippen molar-refractivity contribution in [2.24, 2.45) is 0 Å². The van der Waals surface area contributed by atoms with Crippen molar-refractivity contribution < 1.29 is 18.0 Å². The van der Waals surface area contributed by atoms with E-state index in [9.17, 15) is 18.0 Å². The fourth-order valence-electron chi connectivity index (χ4n) is 3.73. The second-order valence-corrected chi connectivity index (χ2v) is 9.54. The van der Waals surface area contributed by atoms with Crippen LogP contribution in [0.3, 0.4) is 0 Å². The highest BCUT2D eigenvalue weighted by molar-refractivity contribution is 7.90. The van der Waals surface area contributed by atoms with E-state index in [2.05, 4.69) is 10.4 Å². The number of carbonyl (C=O) groups excluding carboxylic acids is 2. The lowest BCUT2D eigenvalue weighted by atomic mass is 10.1. The number of hydrogen-bond donors (Lipinski definition) is 2. The van der Waals surface area contributed by atoms with Gasteiger partial charge in [-0.1, -0.05) is 18.2 Å². The van der Waals surface area contributed by atoms with Gasteiger partial charge in [0, 0.05) is 24.7 Å². The van der Waals surface area contributed by atoms with Crippen molar-refractivity contribution >= 4 is 27.8 Å². The Hall–Kier alpha value is -3.66. The highest BCUT2D eigenvalue weighted by atomic mass is 32.2. The third kappa shape index (κ3) is 5.23. The number of likely N-dealkylation sites (tertiary alicyclic amines) is 1. The van der Waals surface area contributed by atoms with Crippen molar-refractivity contribution in [2.45, 2.75) is 31.1 Å². The van der Waals surface area contributed by atoms with E-state index in [1.54, 1.807) is 17.9 Å². The first-order valence-electron chi connectivity index (χ1n) is 10.7. The van der Waals surface area contributed by atoms with Gasteiger partial charge in [-0.25, -0.2) is 22.6 Å². The SMILES string of the molecule is Cc1cc(NC(=O)NS(=O)(=O)c2ccc(C(=O)N3CCCCC3)cc2)n(-c2ccccc2)n1. The molecule has 10 heteroatoms. The summed E-state index contributed by atoms with van der Waals surface area (Å²) in [5.74, 6) is 0.211. The molecule has 0 aliphatic carbocycles. The number of amides is 3. The third-order valence-electron chi connectivity index (χ3n) is 5.36. The maximum absolute atomic E-state index is 12.7. The van der Waals surface area contributed by atoms with Crippen LogP contribution < -0.4 is 10.0 Å². The minimum atomic E-state index is -4.13. The van der Waals surface area contributed by atoms with Gasteiger partial charge in [-0.2, -0.15) is 5.10 Å². The van der Waals surface area contributed by atoms with Gasteiger partial charge in [0.05, 0.1) is 16.3 Å². The average molecular weight is 468 g/mol. The van der Waals surface area contributed by atoms with Crippen molar-refractivity contribution in [1.29, 1.82) is 0 Å². The molecule has 172 valence electrons. The third-order valence-corrected chi connectivity index (χ3v) is 6.70. The van der Waals surface area contributed by atoms with Crippen LogP contribution in [-0.4, -0.2) is 48.1 Å². The number of aryl methyl sites for hydroxylation is 1. The standard InChI is InChI=1S/C23H25N5O4S/c1-17-16-21(28(25-17)19-8-4-2-5-9-19)24-23(30)26-33(31,32)20-12-10-18(11-13-20)22(29)27-14-6-3-7-15-27/h2,4-5,8-13,16H,3,6-7,14-15H2,1H3,(H2,24,26,30). The number of urea groups is 1. The topological polar surface area (TPSA) is 113 Å². The lowest BCUT2D eigenvalue weighted by Gasteiger charge is -2.26. The molecule has 0 saturated carbocycles. The van der Waals surface area contributed by atoms with Crippen molar-refractivity contribution in [3.63, 3.8) is 0 Å². The monoisotopic (exact) mass is 467 g/mol. The Kier molecular flexibility index (Phi) is 6.45. The molecule has 0 atom stereocenters. The van der Waals surface area contributed by atoms with Crippen molar-refractivity contribution in [3.05, 3.63) is 71.9 Å². The van der Waals surface area contributed by atoms with Crippen LogP contribution >= 0.6 is 0 Å². The number of sulfonamides is 1. The van der Waals surface area contributed by atoms with E-state index < -0.39 is 16.1 Å². The number of carbonyl (C=O) groups is 2. The van der Waals surface area contributed by atoms with E-state index in [4.69, 9.17) is 0 Å². The zero-order chi connectivity index (χ0) is 23.4. The quantitative estimate of drug-likeness (QED) is 0.598. The minimum absolute atomic E-state index is 0.111. The number of piperidine rings is 1. The Morgan fingerprint density at radius 2 is 1.61 bits per heavy atom. The van der Waals surface area contributed by atoms with Crippen molar-refractivity contribution in [2.75, 3.05) is 18.4 Å². The first-order valence-corrected chi connectivity index (χ1v) is 12.2. The fraction of sp³-hybridized carbons (Fsp3) is 0.261. The molecular formula is C23H25N5O4S. The molecule has 1 aliphatic rings. The molecule has 1 aliphatic heterocycles. The number of anilines is 1. The fourth-order valence-corrected chi connectivity index (χ4v) is 4.64. The van der Waals surface area contributed by atoms with Gasteiger partial charge in [-0.15, -0.1) is 0 Å². The first-order chi connectivity index (χ1) is 15.8. The lowest BCUT2D eigenvalue weighted by Crippen LogP contribution is -2.36. The molecule has 1 fully saturated rings. The summed E-state index contributed by atoms with van der Waals surface area (Å²) >= 11 is 0. The molecular weight excluding hydrogens is 442 g/mol. The van der Waals surface area contributed by atoms with Gasteiger partial charge in [0.25, 0.3) is 15.9 Å². The van der Waals surface area contributed by atoms with Gasteiger partial charge >= 0.3 is 6.03 Å². The number of rotatable bonds is 5. The predicted octanol–water partition coefficient (Wildman–Crippen LogP) is 3.32. The summed E-state index contributed by atoms with van der Waals surface area (Å²) in [4.78, 5) is 26.7. The highest BCUT2D eigenvalue weighted by Gasteiger charge is 2.22. The van der Waals surface area contributed by atoms with Crippen molar-refractivity contribution in [3.8, 4) is 5.69 Å². The van der Waals surface area contributed by atoms with Crippen LogP contribution in [0.15, 0.2) is 65.6 Å². The molecule has 33 heavy (non-hydrogen) atoms. The van der Waals surface area contributed by atoms with Gasteiger partial charge in [0.2, 0.25) is 0 Å². The number of hydrogen-bond acceptors (Lipinski definition) is 5. The van der Waals surface area contributed by atoms with Crippen LogP contribution in [0.4, 0.5) is 10.6 Å². The maximum Gasteiger partial charge on any atom is 0.334 e. The van der Waals surface area contributed by atoms with Crippen LogP contribution in [0.1, 0.15) is 35.3 Å². The number of aromatic nitrogens is 2. The Morgan fingerprint density at radius 3 is 2.27 bits per heavy atom. The van der Waals surface area contributed by atoms with Crippen molar-refractivity contribution in [1.82, 2.24) is 19.4 Å². The second kappa shape index (κ2) is 9.45. The summed E-state index contributed by atoms with van der Waals surface area (Å²) in [5.41, 5.74) is 1.80. The van der Waals surface area contributed by atoms with Crippen LogP contribution in [0.2, 0.25) is 0 Å².